The minimum absolute atomic E-state index is 0.0185. The van der Waals surface area contributed by atoms with Crippen LogP contribution in [0.5, 0.6) is 5.75 Å². The molecule has 2 nitrogen and oxygen atoms in total. The topological polar surface area (TPSA) is 18.5 Å². The van der Waals surface area contributed by atoms with Crippen LogP contribution in [0.2, 0.25) is 0 Å². The highest BCUT2D eigenvalue weighted by Gasteiger charge is 2.23. The van der Waals surface area contributed by atoms with Crippen LogP contribution in [0.25, 0.3) is 22.3 Å². The molecule has 1 saturated heterocycles. The quantitative estimate of drug-likeness (QED) is 0.239. The largest absolute Gasteiger partial charge is 0.494 e. The Morgan fingerprint density at radius 1 is 0.857 bits per heavy atom. The molecule has 2 atom stereocenters. The van der Waals surface area contributed by atoms with Crippen molar-refractivity contribution >= 4 is 0 Å². The van der Waals surface area contributed by atoms with Gasteiger partial charge in [-0.2, -0.15) is 0 Å². The maximum Gasteiger partial charge on any atom is 0.167 e. The second-order valence-electron chi connectivity index (χ2n) is 8.71. The van der Waals surface area contributed by atoms with Crippen molar-refractivity contribution in [3.05, 3.63) is 90.0 Å². The Hall–Kier alpha value is -3.12. The van der Waals surface area contributed by atoms with Crippen molar-refractivity contribution in [2.75, 3.05) is 13.2 Å². The van der Waals surface area contributed by atoms with Crippen molar-refractivity contribution in [2.45, 2.75) is 38.7 Å². The summed E-state index contributed by atoms with van der Waals surface area (Å²) in [7, 11) is 0. The molecule has 3 aromatic carbocycles. The van der Waals surface area contributed by atoms with E-state index in [1.807, 2.05) is 13.0 Å². The van der Waals surface area contributed by atoms with Crippen molar-refractivity contribution in [1.82, 2.24) is 0 Å². The van der Waals surface area contributed by atoms with E-state index in [0.29, 0.717) is 43.3 Å². The number of aryl methyl sites for hydroxylation is 1. The van der Waals surface area contributed by atoms with Crippen LogP contribution in [0.4, 0.5) is 17.6 Å². The molecule has 0 N–H and O–H groups in total. The van der Waals surface area contributed by atoms with Gasteiger partial charge in [0.25, 0.3) is 0 Å². The summed E-state index contributed by atoms with van der Waals surface area (Å²) < 4.78 is 70.8. The third-order valence-electron chi connectivity index (χ3n) is 6.49. The first-order valence-electron chi connectivity index (χ1n) is 11.9. The van der Waals surface area contributed by atoms with Gasteiger partial charge >= 0.3 is 0 Å². The van der Waals surface area contributed by atoms with Crippen molar-refractivity contribution in [1.29, 1.82) is 0 Å². The molecule has 0 bridgehead atoms. The molecule has 1 aliphatic heterocycles. The van der Waals surface area contributed by atoms with Gasteiger partial charge in [-0.25, -0.2) is 17.6 Å². The van der Waals surface area contributed by atoms with E-state index in [0.717, 1.165) is 12.8 Å². The minimum atomic E-state index is -1.23. The van der Waals surface area contributed by atoms with Crippen LogP contribution in [0.15, 0.2) is 61.2 Å². The number of ether oxygens (including phenoxy) is 2. The van der Waals surface area contributed by atoms with Crippen LogP contribution in [-0.2, 0) is 11.2 Å². The van der Waals surface area contributed by atoms with Crippen LogP contribution in [0, 0.1) is 29.2 Å². The van der Waals surface area contributed by atoms with E-state index in [1.165, 1.54) is 24.3 Å². The van der Waals surface area contributed by atoms with E-state index in [9.17, 15) is 17.6 Å². The molecule has 0 saturated carbocycles. The number of halogens is 4. The first-order chi connectivity index (χ1) is 16.9. The van der Waals surface area contributed by atoms with E-state index in [4.69, 9.17) is 9.47 Å². The third kappa shape index (κ3) is 5.43. The highest BCUT2D eigenvalue weighted by atomic mass is 19.2. The Balaban J connectivity index is 1.53. The van der Waals surface area contributed by atoms with Gasteiger partial charge in [0, 0.05) is 22.6 Å². The predicted octanol–water partition coefficient (Wildman–Crippen LogP) is 7.89. The van der Waals surface area contributed by atoms with Gasteiger partial charge in [-0.05, 0) is 55.9 Å². The Bertz CT molecular complexity index is 1180. The smallest absolute Gasteiger partial charge is 0.167 e. The summed E-state index contributed by atoms with van der Waals surface area (Å²) in [6.45, 7) is 6.69. The van der Waals surface area contributed by atoms with Gasteiger partial charge in [0.15, 0.2) is 23.3 Å². The van der Waals surface area contributed by atoms with E-state index < -0.39 is 23.3 Å². The van der Waals surface area contributed by atoms with Gasteiger partial charge in [0.05, 0.1) is 19.3 Å². The zero-order valence-electron chi connectivity index (χ0n) is 19.6. The number of hydrogen-bond donors (Lipinski definition) is 0. The molecule has 2 unspecified atom stereocenters. The molecule has 0 aliphatic carbocycles. The molecule has 4 rings (SSSR count). The molecule has 0 radical (unpaired) electrons. The van der Waals surface area contributed by atoms with Gasteiger partial charge in [0.2, 0.25) is 0 Å². The van der Waals surface area contributed by atoms with Crippen molar-refractivity contribution < 1.29 is 27.0 Å². The SMILES string of the molecule is C=CC1CCC(CCc2ccc(-c3ccc(-c4ccc(OCC)cc4)c(F)c3F)c(F)c2F)OC1. The van der Waals surface area contributed by atoms with Crippen molar-refractivity contribution in [2.24, 2.45) is 5.92 Å². The summed E-state index contributed by atoms with van der Waals surface area (Å²) in [6, 6.07) is 11.9. The lowest BCUT2D eigenvalue weighted by atomic mass is 9.94. The summed E-state index contributed by atoms with van der Waals surface area (Å²) in [5.41, 5.74) is 0.0168. The monoisotopic (exact) mass is 484 g/mol. The second-order valence-corrected chi connectivity index (χ2v) is 8.71. The summed E-state index contributed by atoms with van der Waals surface area (Å²) >= 11 is 0. The minimum Gasteiger partial charge on any atom is -0.494 e. The molecule has 1 fully saturated rings. The number of rotatable bonds is 8. The van der Waals surface area contributed by atoms with Gasteiger partial charge in [-0.15, -0.1) is 6.58 Å². The second kappa shape index (κ2) is 11.1. The van der Waals surface area contributed by atoms with Crippen molar-refractivity contribution in [3.63, 3.8) is 0 Å². The van der Waals surface area contributed by atoms with E-state index in [2.05, 4.69) is 6.58 Å². The Kier molecular flexibility index (Phi) is 7.91. The predicted molar refractivity (Wildman–Crippen MR) is 129 cm³/mol. The first kappa shape index (κ1) is 25.0. The Labute approximate surface area is 203 Å². The van der Waals surface area contributed by atoms with Crippen LogP contribution in [0.3, 0.4) is 0 Å². The fourth-order valence-electron chi connectivity index (χ4n) is 4.42. The van der Waals surface area contributed by atoms with Crippen molar-refractivity contribution in [3.8, 4) is 28.0 Å². The summed E-state index contributed by atoms with van der Waals surface area (Å²) in [5.74, 6) is -3.64. The lowest BCUT2D eigenvalue weighted by Gasteiger charge is -2.27. The standard InChI is InChI=1S/C29H28F4O2/c1-3-18-5-10-22(35-17-18)13-8-20-9-14-24(28(32)26(20)30)25-16-15-23(27(31)29(25)33)19-6-11-21(12-7-19)34-4-2/h3,6-7,9,11-12,14-16,18,22H,1,4-5,8,10,13,17H2,2H3. The molecular formula is C29H28F4O2. The fourth-order valence-corrected chi connectivity index (χ4v) is 4.42. The molecular weight excluding hydrogens is 456 g/mol. The Morgan fingerprint density at radius 2 is 1.49 bits per heavy atom. The molecule has 6 heteroatoms. The Morgan fingerprint density at radius 3 is 2.11 bits per heavy atom. The van der Waals surface area contributed by atoms with Crippen LogP contribution >= 0.6 is 0 Å². The number of hydrogen-bond acceptors (Lipinski definition) is 2. The molecule has 1 heterocycles. The first-order valence-corrected chi connectivity index (χ1v) is 11.9. The lowest BCUT2D eigenvalue weighted by Crippen LogP contribution is -2.25. The van der Waals surface area contributed by atoms with E-state index >= 15 is 0 Å². The highest BCUT2D eigenvalue weighted by Crippen LogP contribution is 2.35. The summed E-state index contributed by atoms with van der Waals surface area (Å²) in [5, 5.41) is 0. The van der Waals surface area contributed by atoms with E-state index in [-0.39, 0.29) is 28.4 Å². The highest BCUT2D eigenvalue weighted by molar-refractivity contribution is 5.72. The lowest BCUT2D eigenvalue weighted by molar-refractivity contribution is -0.00789. The molecule has 184 valence electrons. The number of benzene rings is 3. The zero-order valence-corrected chi connectivity index (χ0v) is 19.6. The molecule has 1 aliphatic rings. The third-order valence-corrected chi connectivity index (χ3v) is 6.49. The fraction of sp³-hybridized carbons (Fsp3) is 0.310. The maximum atomic E-state index is 15.0. The zero-order chi connectivity index (χ0) is 24.9. The van der Waals surface area contributed by atoms with Gasteiger partial charge in [0.1, 0.15) is 5.75 Å². The molecule has 35 heavy (non-hydrogen) atoms. The molecule has 0 amide bonds. The molecule has 0 aromatic heterocycles. The van der Waals surface area contributed by atoms with Gasteiger partial charge in [-0.1, -0.05) is 42.5 Å². The van der Waals surface area contributed by atoms with E-state index in [1.54, 1.807) is 24.3 Å². The summed E-state index contributed by atoms with van der Waals surface area (Å²) in [4.78, 5) is 0. The molecule has 3 aromatic rings. The van der Waals surface area contributed by atoms with Gasteiger partial charge in [-0.3, -0.25) is 0 Å². The normalized spacial score (nSPS) is 17.9. The van der Waals surface area contributed by atoms with Crippen LogP contribution in [-0.4, -0.2) is 19.3 Å². The maximum absolute atomic E-state index is 15.0. The van der Waals surface area contributed by atoms with Crippen LogP contribution < -0.4 is 4.74 Å². The molecule has 0 spiro atoms. The van der Waals surface area contributed by atoms with Crippen LogP contribution in [0.1, 0.15) is 31.7 Å². The average Bonchev–Trinajstić information content (AvgIpc) is 2.88. The average molecular weight is 485 g/mol. The summed E-state index contributed by atoms with van der Waals surface area (Å²) in [6.07, 6.45) is 4.50. The van der Waals surface area contributed by atoms with Gasteiger partial charge < -0.3 is 9.47 Å².